The fraction of sp³-hybridized carbons (Fsp3) is 0.913. The summed E-state index contributed by atoms with van der Waals surface area (Å²) in [6.07, 6.45) is -3.61. The molecule has 0 aromatic rings. The summed E-state index contributed by atoms with van der Waals surface area (Å²) in [5.41, 5.74) is -0.723. The number of hydrogen-bond donors (Lipinski definition) is 1. The Hall–Kier alpha value is -1.46. The number of hydrogen-bond acceptors (Lipinski definition) is 8. The number of ether oxygens (including phenoxy) is 6. The standard InChI is InChI=1S/C23H40N2O8/c1-10-25(11-2)19(26)14(24-20(27)33-21(3,4)5)16-18-17(31-23(8,9)32-18)15-13(29-16)12-28-22(6,7)30-15/h13-18H,10-12H2,1-9H3,(H,24,27)/t13-,14+,15-,16+,17+,18-/m1/s1. The quantitative estimate of drug-likeness (QED) is 0.649. The van der Waals surface area contributed by atoms with E-state index in [1.54, 1.807) is 25.7 Å². The molecular formula is C23H40N2O8. The predicted octanol–water partition coefficient (Wildman–Crippen LogP) is 2.19. The first kappa shape index (κ1) is 26.2. The van der Waals surface area contributed by atoms with Gasteiger partial charge in [0.15, 0.2) is 11.6 Å². The highest BCUT2D eigenvalue weighted by molar-refractivity contribution is 5.86. The molecule has 10 nitrogen and oxygen atoms in total. The summed E-state index contributed by atoms with van der Waals surface area (Å²) in [5.74, 6) is -1.99. The molecule has 6 atom stereocenters. The van der Waals surface area contributed by atoms with Gasteiger partial charge in [-0.3, -0.25) is 4.79 Å². The minimum Gasteiger partial charge on any atom is -0.444 e. The van der Waals surface area contributed by atoms with Crippen LogP contribution < -0.4 is 5.32 Å². The van der Waals surface area contributed by atoms with E-state index in [9.17, 15) is 9.59 Å². The zero-order valence-corrected chi connectivity index (χ0v) is 21.3. The molecule has 0 aliphatic carbocycles. The molecule has 0 aromatic carbocycles. The molecule has 1 N–H and O–H groups in total. The molecule has 3 aliphatic heterocycles. The number of nitrogens with one attached hydrogen (secondary N) is 1. The van der Waals surface area contributed by atoms with E-state index < -0.39 is 59.8 Å². The van der Waals surface area contributed by atoms with Gasteiger partial charge in [-0.1, -0.05) is 0 Å². The summed E-state index contributed by atoms with van der Waals surface area (Å²) < 4.78 is 36.2. The zero-order chi connectivity index (χ0) is 24.8. The summed E-state index contributed by atoms with van der Waals surface area (Å²) in [4.78, 5) is 27.9. The number of alkyl carbamates (subject to hydrolysis) is 1. The van der Waals surface area contributed by atoms with Crippen molar-refractivity contribution in [1.82, 2.24) is 10.2 Å². The monoisotopic (exact) mass is 472 g/mol. The largest absolute Gasteiger partial charge is 0.444 e. The molecule has 0 radical (unpaired) electrons. The highest BCUT2D eigenvalue weighted by Gasteiger charge is 2.60. The van der Waals surface area contributed by atoms with E-state index in [1.807, 2.05) is 41.5 Å². The van der Waals surface area contributed by atoms with Crippen LogP contribution >= 0.6 is 0 Å². The van der Waals surface area contributed by atoms with Crippen molar-refractivity contribution in [3.05, 3.63) is 0 Å². The van der Waals surface area contributed by atoms with Gasteiger partial charge >= 0.3 is 6.09 Å². The minimum atomic E-state index is -1.04. The summed E-state index contributed by atoms with van der Waals surface area (Å²) in [5, 5.41) is 2.75. The Bertz CT molecular complexity index is 730. The van der Waals surface area contributed by atoms with E-state index in [4.69, 9.17) is 28.4 Å². The van der Waals surface area contributed by atoms with Crippen LogP contribution in [0.1, 0.15) is 62.3 Å². The molecule has 190 valence electrons. The highest BCUT2D eigenvalue weighted by Crippen LogP contribution is 2.42. The van der Waals surface area contributed by atoms with Crippen LogP contribution in [0.5, 0.6) is 0 Å². The third-order valence-electron chi connectivity index (χ3n) is 5.87. The molecule has 0 bridgehead atoms. The van der Waals surface area contributed by atoms with E-state index >= 15 is 0 Å². The van der Waals surface area contributed by atoms with E-state index in [0.717, 1.165) is 0 Å². The highest BCUT2D eigenvalue weighted by atomic mass is 16.8. The Labute approximate surface area is 196 Å². The Morgan fingerprint density at radius 2 is 1.58 bits per heavy atom. The lowest BCUT2D eigenvalue weighted by Crippen LogP contribution is -2.69. The SMILES string of the molecule is CCN(CC)C(=O)[C@@H](NC(=O)OC(C)(C)C)[C@@H]1O[C@@H]2COC(C)(C)O[C@H]2[C@@H]2OC(C)(C)O[C@@H]21. The first-order valence-electron chi connectivity index (χ1n) is 11.8. The van der Waals surface area contributed by atoms with Gasteiger partial charge in [-0.15, -0.1) is 0 Å². The van der Waals surface area contributed by atoms with E-state index in [2.05, 4.69) is 5.32 Å². The number of nitrogens with zero attached hydrogens (tertiary/aromatic N) is 1. The van der Waals surface area contributed by atoms with Gasteiger partial charge in [0.1, 0.15) is 42.2 Å². The van der Waals surface area contributed by atoms with Gasteiger partial charge in [0.2, 0.25) is 5.91 Å². The second-order valence-corrected chi connectivity index (χ2v) is 10.6. The lowest BCUT2D eigenvalue weighted by atomic mass is 9.89. The maximum absolute atomic E-state index is 13.5. The van der Waals surface area contributed by atoms with Gasteiger partial charge in [-0.2, -0.15) is 0 Å². The Kier molecular flexibility index (Phi) is 7.37. The molecule has 3 heterocycles. The summed E-state index contributed by atoms with van der Waals surface area (Å²) >= 11 is 0. The second kappa shape index (κ2) is 9.30. The van der Waals surface area contributed by atoms with E-state index in [1.165, 1.54) is 0 Å². The number of rotatable bonds is 5. The number of amides is 2. The maximum Gasteiger partial charge on any atom is 0.408 e. The van der Waals surface area contributed by atoms with Crippen molar-refractivity contribution in [2.24, 2.45) is 0 Å². The molecule has 0 unspecified atom stereocenters. The molecule has 0 aromatic heterocycles. The number of fused-ring (bicyclic) bond motifs is 3. The molecule has 33 heavy (non-hydrogen) atoms. The molecule has 0 saturated carbocycles. The minimum absolute atomic E-state index is 0.264. The molecule has 10 heteroatoms. The van der Waals surface area contributed by atoms with Crippen molar-refractivity contribution >= 4 is 12.0 Å². The van der Waals surface area contributed by atoms with Gasteiger partial charge in [-0.05, 0) is 62.3 Å². The van der Waals surface area contributed by atoms with Crippen LogP contribution in [0.2, 0.25) is 0 Å². The number of carbonyl (C=O) groups is 2. The third kappa shape index (κ3) is 5.97. The van der Waals surface area contributed by atoms with Crippen LogP contribution in [0.15, 0.2) is 0 Å². The maximum atomic E-state index is 13.5. The number of likely N-dealkylation sites (N-methyl/N-ethyl adjacent to an activating group) is 1. The summed E-state index contributed by atoms with van der Waals surface area (Å²) in [6.45, 7) is 17.6. The Morgan fingerprint density at radius 3 is 2.15 bits per heavy atom. The lowest BCUT2D eigenvalue weighted by molar-refractivity contribution is -0.349. The van der Waals surface area contributed by atoms with Gasteiger partial charge in [0, 0.05) is 13.1 Å². The predicted molar refractivity (Wildman–Crippen MR) is 118 cm³/mol. The van der Waals surface area contributed by atoms with E-state index in [-0.39, 0.29) is 12.5 Å². The number of carbonyl (C=O) groups excluding carboxylic acids is 2. The van der Waals surface area contributed by atoms with Crippen molar-refractivity contribution in [2.75, 3.05) is 19.7 Å². The van der Waals surface area contributed by atoms with Crippen molar-refractivity contribution in [3.8, 4) is 0 Å². The van der Waals surface area contributed by atoms with E-state index in [0.29, 0.717) is 13.1 Å². The lowest BCUT2D eigenvalue weighted by Gasteiger charge is -2.49. The fourth-order valence-corrected chi connectivity index (χ4v) is 4.53. The molecule has 2 amide bonds. The molecule has 3 rings (SSSR count). The van der Waals surface area contributed by atoms with Gasteiger partial charge < -0.3 is 38.6 Å². The van der Waals surface area contributed by atoms with Crippen LogP contribution in [0.3, 0.4) is 0 Å². The average molecular weight is 473 g/mol. The topological polar surface area (TPSA) is 105 Å². The van der Waals surface area contributed by atoms with Gasteiger partial charge in [0.05, 0.1) is 6.61 Å². The first-order chi connectivity index (χ1) is 15.2. The zero-order valence-electron chi connectivity index (χ0n) is 21.3. The Morgan fingerprint density at radius 1 is 1.00 bits per heavy atom. The normalized spacial score (nSPS) is 33.4. The first-order valence-corrected chi connectivity index (χ1v) is 11.8. The van der Waals surface area contributed by atoms with Crippen molar-refractivity contribution in [1.29, 1.82) is 0 Å². The molecule has 3 aliphatic rings. The fourth-order valence-electron chi connectivity index (χ4n) is 4.53. The van der Waals surface area contributed by atoms with Crippen LogP contribution in [0.25, 0.3) is 0 Å². The van der Waals surface area contributed by atoms with Crippen molar-refractivity contribution < 1.29 is 38.0 Å². The second-order valence-electron chi connectivity index (χ2n) is 10.6. The van der Waals surface area contributed by atoms with Crippen molar-refractivity contribution in [2.45, 2.75) is 116 Å². The molecule has 0 spiro atoms. The smallest absolute Gasteiger partial charge is 0.408 e. The van der Waals surface area contributed by atoms with Crippen LogP contribution in [-0.4, -0.2) is 90.3 Å². The van der Waals surface area contributed by atoms with Gasteiger partial charge in [0.25, 0.3) is 0 Å². The van der Waals surface area contributed by atoms with Crippen LogP contribution in [0.4, 0.5) is 4.79 Å². The van der Waals surface area contributed by atoms with Crippen LogP contribution in [-0.2, 0) is 33.2 Å². The molecule has 3 saturated heterocycles. The Balaban J connectivity index is 1.94. The molecule has 3 fully saturated rings. The summed E-state index contributed by atoms with van der Waals surface area (Å²) in [6, 6.07) is -1.04. The van der Waals surface area contributed by atoms with Crippen molar-refractivity contribution in [3.63, 3.8) is 0 Å². The van der Waals surface area contributed by atoms with Crippen LogP contribution in [0, 0.1) is 0 Å². The average Bonchev–Trinajstić information content (AvgIpc) is 3.00. The third-order valence-corrected chi connectivity index (χ3v) is 5.87. The summed E-state index contributed by atoms with van der Waals surface area (Å²) in [7, 11) is 0. The van der Waals surface area contributed by atoms with Gasteiger partial charge in [-0.25, -0.2) is 4.79 Å². The molecular weight excluding hydrogens is 432 g/mol.